The van der Waals surface area contributed by atoms with E-state index in [1.54, 1.807) is 31.3 Å². The zero-order chi connectivity index (χ0) is 14.0. The Balaban J connectivity index is 2.54. The molecule has 0 amide bonds. The zero-order valence-electron chi connectivity index (χ0n) is 11.4. The Morgan fingerprint density at radius 3 is 2.21 bits per heavy atom. The van der Waals surface area contributed by atoms with Crippen molar-refractivity contribution in [2.75, 3.05) is 7.05 Å². The van der Waals surface area contributed by atoms with Crippen LogP contribution in [0.4, 0.5) is 0 Å². The Bertz CT molecular complexity index is 605. The lowest BCUT2D eigenvalue weighted by Gasteiger charge is -2.20. The topological polar surface area (TPSA) is 46.2 Å². The fraction of sp³-hybridized carbons (Fsp3) is 0.250. The van der Waals surface area contributed by atoms with Crippen molar-refractivity contribution in [1.82, 2.24) is 5.32 Å². The largest absolute Gasteiger partial charge is 0.385 e. The Hall–Kier alpha value is -2.16. The summed E-state index contributed by atoms with van der Waals surface area (Å²) in [5, 5.41) is 2.88. The summed E-state index contributed by atoms with van der Waals surface area (Å²) in [6.07, 6.45) is 2.45. The van der Waals surface area contributed by atoms with Crippen LogP contribution in [-0.2, 0) is 0 Å². The molecule has 1 aromatic rings. The number of fused-ring (bicyclic) bond motifs is 1. The molecular formula is C16H17NO2. The summed E-state index contributed by atoms with van der Waals surface area (Å²) >= 11 is 0. The number of hydrogen-bond donors (Lipinski definition) is 1. The fourth-order valence-corrected chi connectivity index (χ4v) is 2.19. The molecular weight excluding hydrogens is 238 g/mol. The predicted octanol–water partition coefficient (Wildman–Crippen LogP) is 2.90. The molecule has 0 spiro atoms. The third kappa shape index (κ3) is 2.36. The standard InChI is InChI=1S/C16H17NO2/c1-10(2)8-9-13-14(17-3)16(19)12-7-5-4-6-11(12)15(13)18/h4-8,17H,9H2,1-3H3. The van der Waals surface area contributed by atoms with Crippen LogP contribution in [0.3, 0.4) is 0 Å². The number of carbonyl (C=O) groups excluding carboxylic acids is 2. The number of hydrogen-bond acceptors (Lipinski definition) is 3. The van der Waals surface area contributed by atoms with E-state index in [1.165, 1.54) is 0 Å². The fourth-order valence-electron chi connectivity index (χ4n) is 2.19. The highest BCUT2D eigenvalue weighted by Crippen LogP contribution is 2.27. The van der Waals surface area contributed by atoms with Gasteiger partial charge in [0.1, 0.15) is 0 Å². The van der Waals surface area contributed by atoms with Crippen molar-refractivity contribution in [1.29, 1.82) is 0 Å². The number of rotatable bonds is 3. The second-order valence-electron chi connectivity index (χ2n) is 4.79. The van der Waals surface area contributed by atoms with Gasteiger partial charge in [-0.05, 0) is 20.3 Å². The minimum Gasteiger partial charge on any atom is -0.385 e. The highest BCUT2D eigenvalue weighted by Gasteiger charge is 2.30. The summed E-state index contributed by atoms with van der Waals surface area (Å²) in [7, 11) is 1.68. The zero-order valence-corrected chi connectivity index (χ0v) is 11.4. The highest BCUT2D eigenvalue weighted by molar-refractivity contribution is 6.26. The van der Waals surface area contributed by atoms with E-state index >= 15 is 0 Å². The van der Waals surface area contributed by atoms with Gasteiger partial charge in [0.2, 0.25) is 5.78 Å². The van der Waals surface area contributed by atoms with E-state index in [0.29, 0.717) is 28.8 Å². The Kier molecular flexibility index (Phi) is 3.65. The van der Waals surface area contributed by atoms with Gasteiger partial charge in [0.15, 0.2) is 5.78 Å². The van der Waals surface area contributed by atoms with Gasteiger partial charge in [-0.1, -0.05) is 35.9 Å². The molecule has 1 aliphatic carbocycles. The lowest BCUT2D eigenvalue weighted by atomic mass is 9.85. The smallest absolute Gasteiger partial charge is 0.210 e. The van der Waals surface area contributed by atoms with E-state index in [2.05, 4.69) is 5.32 Å². The number of nitrogens with one attached hydrogen (secondary N) is 1. The van der Waals surface area contributed by atoms with E-state index < -0.39 is 0 Å². The van der Waals surface area contributed by atoms with E-state index in [9.17, 15) is 9.59 Å². The van der Waals surface area contributed by atoms with Gasteiger partial charge >= 0.3 is 0 Å². The second-order valence-corrected chi connectivity index (χ2v) is 4.79. The number of Topliss-reactive ketones (excluding diaryl/α,β-unsaturated/α-hetero) is 2. The van der Waals surface area contributed by atoms with Crippen LogP contribution in [0, 0.1) is 0 Å². The first-order valence-corrected chi connectivity index (χ1v) is 6.29. The number of ketones is 2. The molecule has 0 saturated carbocycles. The average molecular weight is 255 g/mol. The third-order valence-corrected chi connectivity index (χ3v) is 3.18. The lowest BCUT2D eigenvalue weighted by Crippen LogP contribution is -2.28. The van der Waals surface area contributed by atoms with Crippen molar-refractivity contribution in [3.8, 4) is 0 Å². The van der Waals surface area contributed by atoms with Gasteiger partial charge in [0.25, 0.3) is 0 Å². The van der Waals surface area contributed by atoms with Crippen LogP contribution in [0.15, 0.2) is 47.2 Å². The Morgan fingerprint density at radius 2 is 1.68 bits per heavy atom. The molecule has 19 heavy (non-hydrogen) atoms. The minimum absolute atomic E-state index is 0.0583. The molecule has 0 unspecified atom stereocenters. The number of benzene rings is 1. The van der Waals surface area contributed by atoms with Crippen LogP contribution in [0.5, 0.6) is 0 Å². The maximum absolute atomic E-state index is 12.5. The van der Waals surface area contributed by atoms with Crippen LogP contribution >= 0.6 is 0 Å². The lowest BCUT2D eigenvalue weighted by molar-refractivity contribution is 0.0968. The van der Waals surface area contributed by atoms with Gasteiger partial charge < -0.3 is 5.32 Å². The number of carbonyl (C=O) groups is 2. The summed E-state index contributed by atoms with van der Waals surface area (Å²) in [6, 6.07) is 6.97. The van der Waals surface area contributed by atoms with E-state index in [4.69, 9.17) is 0 Å². The highest BCUT2D eigenvalue weighted by atomic mass is 16.1. The van der Waals surface area contributed by atoms with Gasteiger partial charge in [-0.2, -0.15) is 0 Å². The Labute approximate surface area is 113 Å². The van der Waals surface area contributed by atoms with Crippen LogP contribution in [0.25, 0.3) is 0 Å². The van der Waals surface area contributed by atoms with Crippen LogP contribution in [0.2, 0.25) is 0 Å². The molecule has 1 aliphatic rings. The van der Waals surface area contributed by atoms with Gasteiger partial charge in [-0.25, -0.2) is 0 Å². The van der Waals surface area contributed by atoms with Gasteiger partial charge in [-0.15, -0.1) is 0 Å². The average Bonchev–Trinajstić information content (AvgIpc) is 2.41. The third-order valence-electron chi connectivity index (χ3n) is 3.18. The summed E-state index contributed by atoms with van der Waals surface area (Å²) in [4.78, 5) is 24.8. The number of likely N-dealkylation sites (N-methyl/N-ethyl adjacent to an activating group) is 1. The minimum atomic E-state index is -0.102. The van der Waals surface area contributed by atoms with Crippen molar-refractivity contribution in [3.05, 3.63) is 58.3 Å². The normalized spacial score (nSPS) is 14.3. The van der Waals surface area contributed by atoms with E-state index in [-0.39, 0.29) is 11.6 Å². The molecule has 0 bridgehead atoms. The molecule has 0 aromatic heterocycles. The van der Waals surface area contributed by atoms with Crippen LogP contribution in [-0.4, -0.2) is 18.6 Å². The first-order valence-electron chi connectivity index (χ1n) is 6.29. The molecule has 0 heterocycles. The van der Waals surface area contributed by atoms with Crippen LogP contribution < -0.4 is 5.32 Å². The quantitative estimate of drug-likeness (QED) is 0.845. The van der Waals surface area contributed by atoms with Crippen LogP contribution in [0.1, 0.15) is 41.0 Å². The molecule has 0 fully saturated rings. The van der Waals surface area contributed by atoms with E-state index in [0.717, 1.165) is 5.57 Å². The predicted molar refractivity (Wildman–Crippen MR) is 75.2 cm³/mol. The summed E-state index contributed by atoms with van der Waals surface area (Å²) in [5.74, 6) is -0.160. The maximum Gasteiger partial charge on any atom is 0.210 e. The monoisotopic (exact) mass is 255 g/mol. The van der Waals surface area contributed by atoms with Crippen molar-refractivity contribution >= 4 is 11.6 Å². The molecule has 1 aromatic carbocycles. The molecule has 2 rings (SSSR count). The molecule has 0 saturated heterocycles. The van der Waals surface area contributed by atoms with Crippen molar-refractivity contribution in [2.45, 2.75) is 20.3 Å². The molecule has 0 atom stereocenters. The number of allylic oxidation sites excluding steroid dienone is 4. The molecule has 3 nitrogen and oxygen atoms in total. The molecule has 1 N–H and O–H groups in total. The first kappa shape index (κ1) is 13.3. The SMILES string of the molecule is CNC1=C(CC=C(C)C)C(=O)c2ccccc2C1=O. The summed E-state index contributed by atoms with van der Waals surface area (Å²) in [6.45, 7) is 3.95. The maximum atomic E-state index is 12.5. The van der Waals surface area contributed by atoms with Crippen molar-refractivity contribution in [3.63, 3.8) is 0 Å². The molecule has 0 aliphatic heterocycles. The Morgan fingerprint density at radius 1 is 1.11 bits per heavy atom. The van der Waals surface area contributed by atoms with Gasteiger partial charge in [0, 0.05) is 23.7 Å². The molecule has 3 heteroatoms. The van der Waals surface area contributed by atoms with Gasteiger partial charge in [0.05, 0.1) is 5.70 Å². The van der Waals surface area contributed by atoms with Crippen molar-refractivity contribution < 1.29 is 9.59 Å². The van der Waals surface area contributed by atoms with Gasteiger partial charge in [-0.3, -0.25) is 9.59 Å². The second kappa shape index (κ2) is 5.22. The van der Waals surface area contributed by atoms with Crippen molar-refractivity contribution in [2.24, 2.45) is 0 Å². The molecule has 0 radical (unpaired) electrons. The summed E-state index contributed by atoms with van der Waals surface area (Å²) in [5.41, 5.74) is 3.08. The molecule has 98 valence electrons. The first-order chi connectivity index (χ1) is 9.06. The van der Waals surface area contributed by atoms with E-state index in [1.807, 2.05) is 19.9 Å². The summed E-state index contributed by atoms with van der Waals surface area (Å²) < 4.78 is 0.